The SMILES string of the molecule is CCOC(=O)c1ccccc1N1C(=O)[C@@H]2[C@@H](C1=O)[C@@H]1C=C[C@@H]2C1=C(c1ccc(OC)cc1)c1ccc(OC)cc1. The lowest BCUT2D eigenvalue weighted by Gasteiger charge is -2.23. The Bertz CT molecular complexity index is 1470. The third-order valence-corrected chi connectivity index (χ3v) is 8.10. The van der Waals surface area contributed by atoms with Crippen LogP contribution in [0.2, 0.25) is 0 Å². The summed E-state index contributed by atoms with van der Waals surface area (Å²) in [5, 5.41) is 0. The quantitative estimate of drug-likeness (QED) is 0.232. The number of benzene rings is 3. The van der Waals surface area contributed by atoms with E-state index in [2.05, 4.69) is 12.2 Å². The predicted molar refractivity (Wildman–Crippen MR) is 150 cm³/mol. The van der Waals surface area contributed by atoms with E-state index in [0.717, 1.165) is 33.8 Å². The second kappa shape index (κ2) is 10.2. The Balaban J connectivity index is 1.45. The van der Waals surface area contributed by atoms with E-state index in [9.17, 15) is 14.4 Å². The molecule has 2 bridgehead atoms. The van der Waals surface area contributed by atoms with Crippen molar-refractivity contribution >= 4 is 29.0 Å². The van der Waals surface area contributed by atoms with Crippen LogP contribution >= 0.6 is 0 Å². The number of rotatable bonds is 7. The molecular weight excluding hydrogens is 506 g/mol. The summed E-state index contributed by atoms with van der Waals surface area (Å²) < 4.78 is 16.0. The third kappa shape index (κ3) is 3.92. The van der Waals surface area contributed by atoms with Gasteiger partial charge in [-0.3, -0.25) is 9.59 Å². The normalized spacial score (nSPS) is 22.5. The van der Waals surface area contributed by atoms with Crippen molar-refractivity contribution in [2.75, 3.05) is 25.7 Å². The topological polar surface area (TPSA) is 82.1 Å². The summed E-state index contributed by atoms with van der Waals surface area (Å²) in [5.41, 5.74) is 4.50. The van der Waals surface area contributed by atoms with E-state index in [-0.39, 0.29) is 41.5 Å². The van der Waals surface area contributed by atoms with Gasteiger partial charge >= 0.3 is 5.97 Å². The minimum atomic E-state index is -0.557. The van der Waals surface area contributed by atoms with Gasteiger partial charge in [-0.25, -0.2) is 9.69 Å². The highest BCUT2D eigenvalue weighted by Crippen LogP contribution is 2.59. The molecule has 1 saturated heterocycles. The molecule has 6 rings (SSSR count). The summed E-state index contributed by atoms with van der Waals surface area (Å²) in [5.74, 6) is -1.22. The minimum Gasteiger partial charge on any atom is -0.497 e. The number of imide groups is 1. The maximum absolute atomic E-state index is 14.0. The van der Waals surface area contributed by atoms with Crippen LogP contribution < -0.4 is 14.4 Å². The summed E-state index contributed by atoms with van der Waals surface area (Å²) >= 11 is 0. The van der Waals surface area contributed by atoms with Crippen LogP contribution in [-0.2, 0) is 14.3 Å². The fourth-order valence-electron chi connectivity index (χ4n) is 6.40. The van der Waals surface area contributed by atoms with Crippen molar-refractivity contribution in [1.29, 1.82) is 0 Å². The zero-order chi connectivity index (χ0) is 28.0. The number of allylic oxidation sites excluding steroid dienone is 3. The van der Waals surface area contributed by atoms with Gasteiger partial charge in [0.05, 0.1) is 43.9 Å². The molecule has 3 aromatic carbocycles. The third-order valence-electron chi connectivity index (χ3n) is 8.10. The fourth-order valence-corrected chi connectivity index (χ4v) is 6.40. The molecule has 2 aliphatic carbocycles. The number of nitrogens with zero attached hydrogens (tertiary/aromatic N) is 1. The Morgan fingerprint density at radius 1 is 0.750 bits per heavy atom. The number of esters is 1. The van der Waals surface area contributed by atoms with E-state index in [0.29, 0.717) is 0 Å². The summed E-state index contributed by atoms with van der Waals surface area (Å²) in [7, 11) is 3.26. The molecule has 0 radical (unpaired) electrons. The van der Waals surface area contributed by atoms with Gasteiger partial charge in [-0.15, -0.1) is 0 Å². The lowest BCUT2D eigenvalue weighted by atomic mass is 9.85. The first kappa shape index (κ1) is 25.6. The Morgan fingerprint density at radius 3 is 1.73 bits per heavy atom. The molecule has 202 valence electrons. The van der Waals surface area contributed by atoms with E-state index in [1.54, 1.807) is 45.4 Å². The van der Waals surface area contributed by atoms with Gasteiger partial charge in [-0.05, 0) is 65.6 Å². The van der Waals surface area contributed by atoms with Crippen LogP contribution in [0.4, 0.5) is 5.69 Å². The smallest absolute Gasteiger partial charge is 0.340 e. The first-order valence-corrected chi connectivity index (χ1v) is 13.3. The summed E-state index contributed by atoms with van der Waals surface area (Å²) in [4.78, 5) is 41.8. The number of fused-ring (bicyclic) bond motifs is 5. The van der Waals surface area contributed by atoms with Crippen molar-refractivity contribution in [1.82, 2.24) is 0 Å². The lowest BCUT2D eigenvalue weighted by molar-refractivity contribution is -0.122. The van der Waals surface area contributed by atoms with Crippen molar-refractivity contribution in [2.24, 2.45) is 23.7 Å². The molecule has 0 spiro atoms. The van der Waals surface area contributed by atoms with Gasteiger partial charge in [-0.2, -0.15) is 0 Å². The highest BCUT2D eigenvalue weighted by Gasteiger charge is 2.62. The van der Waals surface area contributed by atoms with Gasteiger partial charge in [0.1, 0.15) is 11.5 Å². The average molecular weight is 536 g/mol. The monoisotopic (exact) mass is 535 g/mol. The van der Waals surface area contributed by atoms with E-state index in [4.69, 9.17) is 14.2 Å². The number of methoxy groups -OCH3 is 2. The van der Waals surface area contributed by atoms with Crippen LogP contribution in [0.15, 0.2) is 90.5 Å². The Hall–Kier alpha value is -4.65. The number of anilines is 1. The molecule has 4 atom stereocenters. The van der Waals surface area contributed by atoms with Crippen LogP contribution in [0.25, 0.3) is 5.57 Å². The molecule has 2 amide bonds. The number of ether oxygens (including phenoxy) is 3. The van der Waals surface area contributed by atoms with Gasteiger partial charge in [0.15, 0.2) is 0 Å². The first-order chi connectivity index (χ1) is 19.5. The summed E-state index contributed by atoms with van der Waals surface area (Å²) in [6.45, 7) is 1.92. The Morgan fingerprint density at radius 2 is 1.25 bits per heavy atom. The minimum absolute atomic E-state index is 0.196. The van der Waals surface area contributed by atoms with Gasteiger partial charge in [-0.1, -0.05) is 48.6 Å². The predicted octanol–water partition coefficient (Wildman–Crippen LogP) is 5.30. The molecule has 0 aromatic heterocycles. The molecule has 7 nitrogen and oxygen atoms in total. The number of para-hydroxylation sites is 1. The van der Waals surface area contributed by atoms with Gasteiger partial charge in [0, 0.05) is 11.8 Å². The number of carbonyl (C=O) groups excluding carboxylic acids is 3. The van der Waals surface area contributed by atoms with E-state index >= 15 is 0 Å². The second-order valence-corrected chi connectivity index (χ2v) is 10.0. The molecule has 0 unspecified atom stereocenters. The molecule has 3 aliphatic rings. The first-order valence-electron chi connectivity index (χ1n) is 13.3. The number of carbonyl (C=O) groups is 3. The van der Waals surface area contributed by atoms with Gasteiger partial charge in [0.2, 0.25) is 11.8 Å². The van der Waals surface area contributed by atoms with E-state index < -0.39 is 17.8 Å². The molecule has 40 heavy (non-hydrogen) atoms. The molecule has 1 heterocycles. The molecular formula is C33H29NO6. The Kier molecular flexibility index (Phi) is 6.50. The number of hydrogen-bond donors (Lipinski definition) is 0. The van der Waals surface area contributed by atoms with Crippen molar-refractivity contribution in [3.8, 4) is 11.5 Å². The van der Waals surface area contributed by atoms with Gasteiger partial charge in [0.25, 0.3) is 0 Å². The second-order valence-electron chi connectivity index (χ2n) is 10.0. The highest BCUT2D eigenvalue weighted by atomic mass is 16.5. The summed E-state index contributed by atoms with van der Waals surface area (Å²) in [6, 6.07) is 22.3. The largest absolute Gasteiger partial charge is 0.497 e. The maximum atomic E-state index is 14.0. The highest BCUT2D eigenvalue weighted by molar-refractivity contribution is 6.25. The van der Waals surface area contributed by atoms with Crippen molar-refractivity contribution in [3.63, 3.8) is 0 Å². The fraction of sp³-hybridized carbons (Fsp3) is 0.242. The van der Waals surface area contributed by atoms with Crippen LogP contribution in [0, 0.1) is 23.7 Å². The molecule has 1 aliphatic heterocycles. The van der Waals surface area contributed by atoms with Crippen LogP contribution in [0.3, 0.4) is 0 Å². The molecule has 0 N–H and O–H groups in total. The number of hydrogen-bond acceptors (Lipinski definition) is 6. The molecule has 7 heteroatoms. The lowest BCUT2D eigenvalue weighted by Crippen LogP contribution is -2.34. The standard InChI is InChI=1S/C33H29NO6/c1-4-40-33(37)23-7-5-6-8-26(23)34-31(35)29-24-17-18-25(30(29)32(34)36)28(24)27(19-9-13-21(38-2)14-10-19)20-11-15-22(39-3)16-12-20/h5-18,24-25,29-30H,4H2,1-3H3/t24-,25-,29+,30+/m1/s1. The Labute approximate surface area is 232 Å². The molecule has 2 fully saturated rings. The van der Waals surface area contributed by atoms with E-state index in [1.165, 1.54) is 4.90 Å². The molecule has 3 aromatic rings. The summed E-state index contributed by atoms with van der Waals surface area (Å²) in [6.07, 6.45) is 4.11. The zero-order valence-electron chi connectivity index (χ0n) is 22.5. The molecule has 1 saturated carbocycles. The van der Waals surface area contributed by atoms with Crippen molar-refractivity contribution < 1.29 is 28.6 Å². The average Bonchev–Trinajstić information content (AvgIpc) is 3.62. The van der Waals surface area contributed by atoms with Crippen LogP contribution in [-0.4, -0.2) is 38.6 Å². The van der Waals surface area contributed by atoms with Crippen LogP contribution in [0.1, 0.15) is 28.4 Å². The zero-order valence-corrected chi connectivity index (χ0v) is 22.5. The maximum Gasteiger partial charge on any atom is 0.340 e. The van der Waals surface area contributed by atoms with E-state index in [1.807, 2.05) is 48.5 Å². The van der Waals surface area contributed by atoms with Crippen molar-refractivity contribution in [2.45, 2.75) is 6.92 Å². The number of amides is 2. The van der Waals surface area contributed by atoms with Crippen LogP contribution in [0.5, 0.6) is 11.5 Å². The van der Waals surface area contributed by atoms with Gasteiger partial charge < -0.3 is 14.2 Å². The van der Waals surface area contributed by atoms with Crippen molar-refractivity contribution in [3.05, 3.63) is 107 Å².